The third-order valence-corrected chi connectivity index (χ3v) is 9.19. The molecular formula is C22H35N3O4S. The quantitative estimate of drug-likeness (QED) is 0.521. The van der Waals surface area contributed by atoms with Gasteiger partial charge >= 0.3 is 5.97 Å². The van der Waals surface area contributed by atoms with Gasteiger partial charge in [0.15, 0.2) is 0 Å². The van der Waals surface area contributed by atoms with E-state index in [1.165, 1.54) is 30.6 Å². The van der Waals surface area contributed by atoms with Gasteiger partial charge in [0.25, 0.3) is 0 Å². The summed E-state index contributed by atoms with van der Waals surface area (Å²) < 4.78 is 0. The predicted molar refractivity (Wildman–Crippen MR) is 117 cm³/mol. The van der Waals surface area contributed by atoms with Crippen LogP contribution in [-0.4, -0.2) is 75.5 Å². The predicted octanol–water partition coefficient (Wildman–Crippen LogP) is 1.71. The molecule has 3 fully saturated rings. The fraction of sp³-hybridized carbons (Fsp3) is 0.818. The van der Waals surface area contributed by atoms with Crippen molar-refractivity contribution in [3.63, 3.8) is 0 Å². The highest BCUT2D eigenvalue weighted by Gasteiger charge is 2.60. The van der Waals surface area contributed by atoms with Crippen LogP contribution in [0, 0.1) is 23.7 Å². The number of nitrogens with zero attached hydrogens (tertiary/aromatic N) is 2. The Labute approximate surface area is 183 Å². The van der Waals surface area contributed by atoms with E-state index in [9.17, 15) is 19.8 Å². The molecule has 0 bridgehead atoms. The number of nitrogens with two attached hydrogens (primary N) is 1. The number of aliphatic hydroxyl groups is 1. The Kier molecular flexibility index (Phi) is 6.49. The second-order valence-electron chi connectivity index (χ2n) is 9.68. The number of carboxylic acids is 1. The lowest BCUT2D eigenvalue weighted by atomic mass is 9.79. The molecule has 1 amide bonds. The monoisotopic (exact) mass is 437 g/mol. The summed E-state index contributed by atoms with van der Waals surface area (Å²) >= 11 is 1.66. The lowest BCUT2D eigenvalue weighted by molar-refractivity contribution is -0.163. The first-order valence-electron chi connectivity index (χ1n) is 11.4. The van der Waals surface area contributed by atoms with Gasteiger partial charge in [0.1, 0.15) is 5.70 Å². The first-order chi connectivity index (χ1) is 14.3. The third kappa shape index (κ3) is 3.92. The van der Waals surface area contributed by atoms with Gasteiger partial charge in [-0.05, 0) is 64.0 Å². The molecule has 5 atom stereocenters. The number of carbonyl (C=O) groups is 2. The molecule has 4 N–H and O–H groups in total. The van der Waals surface area contributed by atoms with Crippen LogP contribution < -0.4 is 5.73 Å². The molecule has 0 radical (unpaired) electrons. The second kappa shape index (κ2) is 8.81. The summed E-state index contributed by atoms with van der Waals surface area (Å²) in [4.78, 5) is 29.2. The van der Waals surface area contributed by atoms with Crippen LogP contribution in [0.2, 0.25) is 0 Å². The number of thioether (sulfide) groups is 1. The van der Waals surface area contributed by atoms with Crippen LogP contribution in [0.5, 0.6) is 0 Å². The largest absolute Gasteiger partial charge is 0.477 e. The van der Waals surface area contributed by atoms with E-state index in [1.807, 2.05) is 6.92 Å². The molecular weight excluding hydrogens is 402 g/mol. The zero-order chi connectivity index (χ0) is 21.6. The zero-order valence-corrected chi connectivity index (χ0v) is 18.8. The standard InChI is InChI=1S/C22H35N3O4S/c1-12-18-17(13(2)26)21(27)25(18)19(22(28)29)20(12)30-16-7-8-24(11-16)10-15-5-3-14(9-23)4-6-15/h12-18,26H,3-11,23H2,1-2H3,(H,28,29)/t12-,13-,14?,15?,16-,17-,18-/m1/s1. The summed E-state index contributed by atoms with van der Waals surface area (Å²) in [6.45, 7) is 7.59. The number of aliphatic carboxylic acids is 1. The summed E-state index contributed by atoms with van der Waals surface area (Å²) in [7, 11) is 0. The summed E-state index contributed by atoms with van der Waals surface area (Å²) in [5.41, 5.74) is 5.96. The van der Waals surface area contributed by atoms with Crippen LogP contribution in [0.3, 0.4) is 0 Å². The molecule has 1 aliphatic carbocycles. The first kappa shape index (κ1) is 22.1. The van der Waals surface area contributed by atoms with Crippen molar-refractivity contribution < 1.29 is 19.8 Å². The molecule has 4 aliphatic rings. The van der Waals surface area contributed by atoms with Crippen molar-refractivity contribution in [1.29, 1.82) is 0 Å². The second-order valence-corrected chi connectivity index (χ2v) is 11.0. The van der Waals surface area contributed by atoms with Crippen molar-refractivity contribution in [3.05, 3.63) is 10.6 Å². The Hall–Kier alpha value is -1.09. The molecule has 1 saturated carbocycles. The molecule has 4 rings (SSSR count). The van der Waals surface area contributed by atoms with E-state index >= 15 is 0 Å². The van der Waals surface area contributed by atoms with E-state index in [0.717, 1.165) is 43.4 Å². The number of rotatable bonds is 7. The lowest BCUT2D eigenvalue weighted by Gasteiger charge is -2.46. The van der Waals surface area contributed by atoms with Crippen molar-refractivity contribution in [2.75, 3.05) is 26.2 Å². The number of hydrogen-bond acceptors (Lipinski definition) is 6. The summed E-state index contributed by atoms with van der Waals surface area (Å²) in [5, 5.41) is 20.2. The Morgan fingerprint density at radius 1 is 1.23 bits per heavy atom. The minimum Gasteiger partial charge on any atom is -0.477 e. The van der Waals surface area contributed by atoms with Gasteiger partial charge in [0.2, 0.25) is 5.91 Å². The number of likely N-dealkylation sites (tertiary alicyclic amines) is 1. The summed E-state index contributed by atoms with van der Waals surface area (Å²) in [6.07, 6.45) is 5.31. The maximum Gasteiger partial charge on any atom is 0.353 e. The molecule has 168 valence electrons. The minimum absolute atomic E-state index is 0.0426. The smallest absolute Gasteiger partial charge is 0.353 e. The van der Waals surface area contributed by atoms with Crippen molar-refractivity contribution >= 4 is 23.6 Å². The van der Waals surface area contributed by atoms with Crippen molar-refractivity contribution in [2.24, 2.45) is 29.4 Å². The molecule has 0 spiro atoms. The van der Waals surface area contributed by atoms with Gasteiger partial charge in [0, 0.05) is 29.2 Å². The molecule has 30 heavy (non-hydrogen) atoms. The molecule has 0 aromatic carbocycles. The number of β-lactam (4-membered cyclic amide) rings is 1. The lowest BCUT2D eigenvalue weighted by Crippen LogP contribution is -2.63. The SMILES string of the molecule is C[C@@H](O)[C@H]1C(=O)N2C(C(=O)O)=C(S[C@@H]3CCN(CC4CCC(CN)CC4)C3)[C@H](C)[C@H]12. The van der Waals surface area contributed by atoms with E-state index < -0.39 is 18.0 Å². The maximum atomic E-state index is 12.5. The Morgan fingerprint density at radius 2 is 1.90 bits per heavy atom. The third-order valence-electron chi connectivity index (χ3n) is 7.65. The molecule has 0 aromatic rings. The van der Waals surface area contributed by atoms with E-state index in [2.05, 4.69) is 4.90 Å². The number of carbonyl (C=O) groups excluding carboxylic acids is 1. The molecule has 3 aliphatic heterocycles. The Morgan fingerprint density at radius 3 is 2.50 bits per heavy atom. The Balaban J connectivity index is 1.37. The van der Waals surface area contributed by atoms with E-state index in [0.29, 0.717) is 11.2 Å². The maximum absolute atomic E-state index is 12.5. The number of aliphatic hydroxyl groups excluding tert-OH is 1. The number of fused-ring (bicyclic) bond motifs is 1. The minimum atomic E-state index is -1.03. The highest BCUT2D eigenvalue weighted by molar-refractivity contribution is 8.03. The highest BCUT2D eigenvalue weighted by atomic mass is 32.2. The number of hydrogen-bond donors (Lipinski definition) is 3. The molecule has 3 heterocycles. The molecule has 7 nitrogen and oxygen atoms in total. The van der Waals surface area contributed by atoms with Crippen LogP contribution in [0.1, 0.15) is 46.0 Å². The van der Waals surface area contributed by atoms with Crippen LogP contribution in [0.25, 0.3) is 0 Å². The average Bonchev–Trinajstić information content (AvgIpc) is 3.23. The summed E-state index contributed by atoms with van der Waals surface area (Å²) in [6, 6.07) is -0.221. The van der Waals surface area contributed by atoms with Crippen molar-refractivity contribution in [3.8, 4) is 0 Å². The highest BCUT2D eigenvalue weighted by Crippen LogP contribution is 2.52. The number of amides is 1. The fourth-order valence-corrected chi connectivity index (χ4v) is 7.45. The van der Waals surface area contributed by atoms with Crippen LogP contribution >= 0.6 is 11.8 Å². The van der Waals surface area contributed by atoms with E-state index in [4.69, 9.17) is 5.73 Å². The molecule has 2 saturated heterocycles. The zero-order valence-electron chi connectivity index (χ0n) is 18.0. The average molecular weight is 438 g/mol. The molecule has 0 unspecified atom stereocenters. The van der Waals surface area contributed by atoms with E-state index in [-0.39, 0.29) is 23.6 Å². The molecule has 0 aromatic heterocycles. The topological polar surface area (TPSA) is 107 Å². The van der Waals surface area contributed by atoms with Crippen molar-refractivity contribution in [2.45, 2.75) is 63.3 Å². The fourth-order valence-electron chi connectivity index (χ4n) is 5.93. The van der Waals surface area contributed by atoms with Gasteiger partial charge in [-0.15, -0.1) is 11.8 Å². The molecule has 8 heteroatoms. The van der Waals surface area contributed by atoms with Crippen LogP contribution in [0.15, 0.2) is 10.6 Å². The van der Waals surface area contributed by atoms with Gasteiger partial charge in [0.05, 0.1) is 18.1 Å². The van der Waals surface area contributed by atoms with Crippen LogP contribution in [0.4, 0.5) is 0 Å². The van der Waals surface area contributed by atoms with Gasteiger partial charge < -0.3 is 25.7 Å². The normalized spacial score (nSPS) is 38.0. The summed E-state index contributed by atoms with van der Waals surface area (Å²) in [5.74, 6) is -0.365. The first-order valence-corrected chi connectivity index (χ1v) is 12.3. The Bertz CT molecular complexity index is 719. The van der Waals surface area contributed by atoms with E-state index in [1.54, 1.807) is 18.7 Å². The van der Waals surface area contributed by atoms with Gasteiger partial charge in [-0.3, -0.25) is 4.79 Å². The van der Waals surface area contributed by atoms with Crippen LogP contribution in [-0.2, 0) is 9.59 Å². The van der Waals surface area contributed by atoms with Crippen molar-refractivity contribution in [1.82, 2.24) is 9.80 Å². The number of carboxylic acid groups (broad SMARTS) is 1. The van der Waals surface area contributed by atoms with Gasteiger partial charge in [-0.2, -0.15) is 0 Å². The van der Waals surface area contributed by atoms with Gasteiger partial charge in [-0.1, -0.05) is 6.92 Å². The van der Waals surface area contributed by atoms with Gasteiger partial charge in [-0.25, -0.2) is 4.79 Å².